The number of oxazole rings is 1. The van der Waals surface area contributed by atoms with E-state index >= 15 is 0 Å². The SMILES string of the molecule is COc1cc(-c2ccc3oc(=O)n(C)c3c2)ccc1C[C@@H](C#N)NC(=O)OC(C)(C)C. The lowest BCUT2D eigenvalue weighted by molar-refractivity contribution is 0.0515. The summed E-state index contributed by atoms with van der Waals surface area (Å²) in [5.41, 5.74) is 3.10. The van der Waals surface area contributed by atoms with E-state index in [1.165, 1.54) is 4.57 Å². The molecule has 1 atom stereocenters. The lowest BCUT2D eigenvalue weighted by Crippen LogP contribution is -2.39. The van der Waals surface area contributed by atoms with Crippen molar-refractivity contribution in [3.63, 3.8) is 0 Å². The summed E-state index contributed by atoms with van der Waals surface area (Å²) in [6, 6.07) is 12.4. The topological polar surface area (TPSA) is 106 Å². The van der Waals surface area contributed by atoms with Gasteiger partial charge in [0.25, 0.3) is 0 Å². The highest BCUT2D eigenvalue weighted by Crippen LogP contribution is 2.30. The van der Waals surface area contributed by atoms with E-state index in [1.807, 2.05) is 30.3 Å². The molecule has 0 fully saturated rings. The normalized spacial score (nSPS) is 12.3. The Kier molecular flexibility index (Phi) is 6.07. The van der Waals surface area contributed by atoms with Crippen LogP contribution in [0.1, 0.15) is 26.3 Å². The summed E-state index contributed by atoms with van der Waals surface area (Å²) in [5.74, 6) is 0.171. The van der Waals surface area contributed by atoms with Crippen LogP contribution in [0.4, 0.5) is 4.79 Å². The maximum atomic E-state index is 12.0. The quantitative estimate of drug-likeness (QED) is 0.670. The van der Waals surface area contributed by atoms with Crippen molar-refractivity contribution in [3.8, 4) is 22.9 Å². The van der Waals surface area contributed by atoms with E-state index in [9.17, 15) is 14.9 Å². The van der Waals surface area contributed by atoms with Crippen LogP contribution in [0.2, 0.25) is 0 Å². The van der Waals surface area contributed by atoms with Gasteiger partial charge in [0.1, 0.15) is 17.4 Å². The van der Waals surface area contributed by atoms with Crippen molar-refractivity contribution in [2.24, 2.45) is 7.05 Å². The van der Waals surface area contributed by atoms with Gasteiger partial charge < -0.3 is 19.2 Å². The van der Waals surface area contributed by atoms with Gasteiger partial charge in [-0.1, -0.05) is 18.2 Å². The smallest absolute Gasteiger partial charge is 0.419 e. The van der Waals surface area contributed by atoms with Crippen molar-refractivity contribution in [1.29, 1.82) is 5.26 Å². The van der Waals surface area contributed by atoms with E-state index in [0.29, 0.717) is 16.8 Å². The predicted octanol–water partition coefficient (Wildman–Crippen LogP) is 3.77. The summed E-state index contributed by atoms with van der Waals surface area (Å²) in [5, 5.41) is 12.0. The van der Waals surface area contributed by atoms with Crippen LogP contribution < -0.4 is 15.8 Å². The molecule has 1 N–H and O–H groups in total. The molecule has 31 heavy (non-hydrogen) atoms. The maximum absolute atomic E-state index is 12.0. The Morgan fingerprint density at radius 3 is 2.55 bits per heavy atom. The minimum atomic E-state index is -0.772. The molecule has 0 unspecified atom stereocenters. The molecule has 0 saturated heterocycles. The second-order valence-electron chi connectivity index (χ2n) is 8.17. The third-order valence-corrected chi connectivity index (χ3v) is 4.68. The van der Waals surface area contributed by atoms with Crippen LogP contribution in [-0.4, -0.2) is 29.4 Å². The number of aromatic nitrogens is 1. The molecule has 2 aromatic carbocycles. The van der Waals surface area contributed by atoms with Gasteiger partial charge >= 0.3 is 11.8 Å². The highest BCUT2D eigenvalue weighted by Gasteiger charge is 2.21. The molecule has 0 aliphatic heterocycles. The number of rotatable bonds is 5. The molecule has 3 rings (SSSR count). The molecular weight excluding hydrogens is 398 g/mol. The molecular formula is C23H25N3O5. The van der Waals surface area contributed by atoms with Gasteiger partial charge in [-0.05, 0) is 55.7 Å². The molecule has 0 radical (unpaired) electrons. The summed E-state index contributed by atoms with van der Waals surface area (Å²) in [6.45, 7) is 5.28. The standard InChI is InChI=1S/C23H25N3O5/c1-23(2,3)31-21(27)25-17(13-24)10-16-7-6-15(12-20(16)29-5)14-8-9-19-18(11-14)26(4)22(28)30-19/h6-9,11-12,17H,10H2,1-5H3,(H,25,27)/t17-/m0/s1. The lowest BCUT2D eigenvalue weighted by atomic mass is 9.99. The van der Waals surface area contributed by atoms with E-state index < -0.39 is 23.5 Å². The van der Waals surface area contributed by atoms with Crippen LogP contribution in [0.5, 0.6) is 5.75 Å². The number of hydrogen-bond donors (Lipinski definition) is 1. The third-order valence-electron chi connectivity index (χ3n) is 4.68. The van der Waals surface area contributed by atoms with Gasteiger partial charge in [0, 0.05) is 13.5 Å². The van der Waals surface area contributed by atoms with E-state index in [-0.39, 0.29) is 6.42 Å². The fourth-order valence-corrected chi connectivity index (χ4v) is 3.20. The largest absolute Gasteiger partial charge is 0.496 e. The van der Waals surface area contributed by atoms with Gasteiger partial charge in [-0.15, -0.1) is 0 Å². The Balaban J connectivity index is 1.84. The minimum absolute atomic E-state index is 0.258. The minimum Gasteiger partial charge on any atom is -0.496 e. The number of amides is 1. The Labute approximate surface area is 180 Å². The fraction of sp³-hybridized carbons (Fsp3) is 0.348. The van der Waals surface area contributed by atoms with Gasteiger partial charge in [0.05, 0.1) is 18.7 Å². The van der Waals surface area contributed by atoms with Crippen molar-refractivity contribution in [3.05, 3.63) is 52.5 Å². The molecule has 1 amide bonds. The van der Waals surface area contributed by atoms with E-state index in [1.54, 1.807) is 41.0 Å². The number of benzene rings is 2. The van der Waals surface area contributed by atoms with Crippen molar-refractivity contribution in [2.75, 3.05) is 7.11 Å². The van der Waals surface area contributed by atoms with Crippen LogP contribution in [0, 0.1) is 11.3 Å². The number of nitriles is 1. The Morgan fingerprint density at radius 2 is 1.90 bits per heavy atom. The van der Waals surface area contributed by atoms with Crippen LogP contribution in [-0.2, 0) is 18.2 Å². The van der Waals surface area contributed by atoms with Gasteiger partial charge in [0.15, 0.2) is 5.58 Å². The van der Waals surface area contributed by atoms with Gasteiger partial charge in [0.2, 0.25) is 0 Å². The highest BCUT2D eigenvalue weighted by atomic mass is 16.6. The molecule has 1 heterocycles. The zero-order valence-corrected chi connectivity index (χ0v) is 18.2. The molecule has 0 saturated carbocycles. The Morgan fingerprint density at radius 1 is 1.23 bits per heavy atom. The first-order valence-corrected chi connectivity index (χ1v) is 9.77. The number of nitrogens with zero attached hydrogens (tertiary/aromatic N) is 2. The average Bonchev–Trinajstić information content (AvgIpc) is 2.99. The first-order chi connectivity index (χ1) is 14.6. The number of carbonyl (C=O) groups excluding carboxylic acids is 1. The first kappa shape index (κ1) is 22.0. The number of nitrogens with one attached hydrogen (secondary N) is 1. The van der Waals surface area contributed by atoms with Gasteiger partial charge in [-0.25, -0.2) is 9.59 Å². The number of aryl methyl sites for hydroxylation is 1. The van der Waals surface area contributed by atoms with E-state index in [4.69, 9.17) is 13.9 Å². The monoisotopic (exact) mass is 423 g/mol. The van der Waals surface area contributed by atoms with E-state index in [2.05, 4.69) is 11.4 Å². The molecule has 162 valence electrons. The number of ether oxygens (including phenoxy) is 2. The van der Waals surface area contributed by atoms with Crippen molar-refractivity contribution in [2.45, 2.75) is 38.8 Å². The number of methoxy groups -OCH3 is 1. The summed E-state index contributed by atoms with van der Waals surface area (Å²) >= 11 is 0. The van der Waals surface area contributed by atoms with Crippen LogP contribution in [0.25, 0.3) is 22.2 Å². The Bertz CT molecular complexity index is 1210. The number of fused-ring (bicyclic) bond motifs is 1. The average molecular weight is 423 g/mol. The zero-order valence-electron chi connectivity index (χ0n) is 18.2. The molecule has 8 heteroatoms. The van der Waals surface area contributed by atoms with Crippen molar-refractivity contribution < 1.29 is 18.7 Å². The molecule has 1 aromatic heterocycles. The number of hydrogen-bond acceptors (Lipinski definition) is 6. The lowest BCUT2D eigenvalue weighted by Gasteiger charge is -2.21. The fourth-order valence-electron chi connectivity index (χ4n) is 3.20. The molecule has 3 aromatic rings. The van der Waals surface area contributed by atoms with Gasteiger partial charge in [-0.2, -0.15) is 5.26 Å². The van der Waals surface area contributed by atoms with Crippen LogP contribution in [0.3, 0.4) is 0 Å². The molecule has 0 spiro atoms. The predicted molar refractivity (Wildman–Crippen MR) is 116 cm³/mol. The molecule has 0 aliphatic rings. The summed E-state index contributed by atoms with van der Waals surface area (Å²) in [6.07, 6.45) is -0.386. The number of carbonyl (C=O) groups is 1. The second-order valence-corrected chi connectivity index (χ2v) is 8.17. The molecule has 8 nitrogen and oxygen atoms in total. The Hall–Kier alpha value is -3.73. The van der Waals surface area contributed by atoms with Crippen molar-refractivity contribution >= 4 is 17.2 Å². The third kappa shape index (κ3) is 5.07. The number of alkyl carbamates (subject to hydrolysis) is 1. The van der Waals surface area contributed by atoms with Gasteiger partial charge in [-0.3, -0.25) is 4.57 Å². The maximum Gasteiger partial charge on any atom is 0.419 e. The second kappa shape index (κ2) is 8.56. The summed E-state index contributed by atoms with van der Waals surface area (Å²) in [7, 11) is 3.20. The highest BCUT2D eigenvalue weighted by molar-refractivity contribution is 5.81. The summed E-state index contributed by atoms with van der Waals surface area (Å²) < 4.78 is 17.4. The molecule has 0 bridgehead atoms. The zero-order chi connectivity index (χ0) is 22.8. The summed E-state index contributed by atoms with van der Waals surface area (Å²) in [4.78, 5) is 23.7. The van der Waals surface area contributed by atoms with Crippen LogP contribution >= 0.6 is 0 Å². The van der Waals surface area contributed by atoms with Crippen LogP contribution in [0.15, 0.2) is 45.6 Å². The van der Waals surface area contributed by atoms with E-state index in [0.717, 1.165) is 16.7 Å². The molecule has 0 aliphatic carbocycles. The first-order valence-electron chi connectivity index (χ1n) is 9.77. The van der Waals surface area contributed by atoms with Crippen molar-refractivity contribution in [1.82, 2.24) is 9.88 Å².